The summed E-state index contributed by atoms with van der Waals surface area (Å²) >= 11 is 7.19. The first-order valence-corrected chi connectivity index (χ1v) is 13.6. The highest BCUT2D eigenvalue weighted by molar-refractivity contribution is 7.18. The molecule has 3 unspecified atom stereocenters. The van der Waals surface area contributed by atoms with E-state index in [9.17, 15) is 14.4 Å². The SMILES string of the molecule is CN(C)CCC1(c2ccc(C(=O)NC3CC(C(=O)N(C)C)CC3NC(=O)c3ccc(Cl)s3)cc2)CC1. The number of nitrogens with zero attached hydrogens (tertiary/aromatic N) is 2. The zero-order valence-corrected chi connectivity index (χ0v) is 22.9. The topological polar surface area (TPSA) is 81.8 Å². The highest BCUT2D eigenvalue weighted by atomic mass is 35.5. The minimum absolute atomic E-state index is 0.00183. The van der Waals surface area contributed by atoms with Crippen molar-refractivity contribution in [2.75, 3.05) is 34.7 Å². The molecule has 0 spiro atoms. The number of rotatable bonds is 9. The molecule has 0 saturated heterocycles. The van der Waals surface area contributed by atoms with Crippen molar-refractivity contribution in [3.8, 4) is 0 Å². The summed E-state index contributed by atoms with van der Waals surface area (Å²) in [5.41, 5.74) is 2.11. The van der Waals surface area contributed by atoms with Crippen molar-refractivity contribution in [3.05, 3.63) is 56.7 Å². The van der Waals surface area contributed by atoms with Crippen molar-refractivity contribution in [2.24, 2.45) is 5.92 Å². The minimum Gasteiger partial charge on any atom is -0.349 e. The zero-order valence-electron chi connectivity index (χ0n) is 21.3. The first kappa shape index (κ1) is 26.6. The Morgan fingerprint density at radius 3 is 2.06 bits per heavy atom. The van der Waals surface area contributed by atoms with Crippen molar-refractivity contribution in [2.45, 2.75) is 49.6 Å². The number of hydrogen-bond donors (Lipinski definition) is 2. The maximum absolute atomic E-state index is 13.2. The Bertz CT molecular complexity index is 1110. The number of hydrogen-bond acceptors (Lipinski definition) is 5. The highest BCUT2D eigenvalue weighted by Gasteiger charge is 2.44. The Morgan fingerprint density at radius 1 is 0.944 bits per heavy atom. The van der Waals surface area contributed by atoms with Crippen molar-refractivity contribution in [1.82, 2.24) is 20.4 Å². The van der Waals surface area contributed by atoms with E-state index in [2.05, 4.69) is 41.8 Å². The number of benzene rings is 1. The van der Waals surface area contributed by atoms with E-state index >= 15 is 0 Å². The summed E-state index contributed by atoms with van der Waals surface area (Å²) in [5, 5.41) is 6.11. The average Bonchev–Trinajstić information content (AvgIpc) is 3.36. The van der Waals surface area contributed by atoms with Crippen LogP contribution in [-0.2, 0) is 10.2 Å². The van der Waals surface area contributed by atoms with Crippen LogP contribution in [0, 0.1) is 5.92 Å². The minimum atomic E-state index is -0.351. The molecular weight excluding hydrogens is 496 g/mol. The van der Waals surface area contributed by atoms with Crippen molar-refractivity contribution in [1.29, 1.82) is 0 Å². The van der Waals surface area contributed by atoms with Gasteiger partial charge in [0.05, 0.1) is 21.3 Å². The molecule has 1 aromatic heterocycles. The fraction of sp³-hybridized carbons (Fsp3) is 0.519. The van der Waals surface area contributed by atoms with E-state index in [1.54, 1.807) is 31.1 Å². The van der Waals surface area contributed by atoms with Gasteiger partial charge in [-0.1, -0.05) is 23.7 Å². The Labute approximate surface area is 222 Å². The van der Waals surface area contributed by atoms with Gasteiger partial charge in [-0.2, -0.15) is 0 Å². The second-order valence-electron chi connectivity index (χ2n) is 10.6. The van der Waals surface area contributed by atoms with E-state index in [1.807, 2.05) is 12.1 Å². The lowest BCUT2D eigenvalue weighted by molar-refractivity contribution is -0.132. The molecule has 3 atom stereocenters. The van der Waals surface area contributed by atoms with E-state index in [0.29, 0.717) is 27.6 Å². The maximum atomic E-state index is 13.2. The molecule has 7 nitrogen and oxygen atoms in total. The van der Waals surface area contributed by atoms with Gasteiger partial charge in [-0.25, -0.2) is 0 Å². The third-order valence-electron chi connectivity index (χ3n) is 7.43. The van der Waals surface area contributed by atoms with Crippen LogP contribution in [0.25, 0.3) is 0 Å². The van der Waals surface area contributed by atoms with Gasteiger partial charge in [0.2, 0.25) is 5.91 Å². The van der Waals surface area contributed by atoms with Gasteiger partial charge in [0.25, 0.3) is 11.8 Å². The molecule has 36 heavy (non-hydrogen) atoms. The van der Waals surface area contributed by atoms with Crippen LogP contribution in [0.4, 0.5) is 0 Å². The molecule has 194 valence electrons. The molecule has 2 aliphatic carbocycles. The van der Waals surface area contributed by atoms with Gasteiger partial charge in [-0.3, -0.25) is 14.4 Å². The summed E-state index contributed by atoms with van der Waals surface area (Å²) in [4.78, 5) is 42.9. The van der Waals surface area contributed by atoms with E-state index in [-0.39, 0.29) is 41.1 Å². The van der Waals surface area contributed by atoms with Crippen LogP contribution in [0.15, 0.2) is 36.4 Å². The molecule has 1 aromatic carbocycles. The van der Waals surface area contributed by atoms with Gasteiger partial charge >= 0.3 is 0 Å². The predicted molar refractivity (Wildman–Crippen MR) is 144 cm³/mol. The van der Waals surface area contributed by atoms with Crippen LogP contribution in [0.1, 0.15) is 57.7 Å². The summed E-state index contributed by atoms with van der Waals surface area (Å²) < 4.78 is 0.537. The summed E-state index contributed by atoms with van der Waals surface area (Å²) in [6, 6.07) is 10.6. The summed E-state index contributed by atoms with van der Waals surface area (Å²) in [7, 11) is 7.63. The fourth-order valence-corrected chi connectivity index (χ4v) is 6.04. The number of nitrogens with one attached hydrogen (secondary N) is 2. The highest BCUT2D eigenvalue weighted by Crippen LogP contribution is 2.51. The van der Waals surface area contributed by atoms with Crippen LogP contribution < -0.4 is 10.6 Å². The monoisotopic (exact) mass is 530 g/mol. The molecule has 4 rings (SSSR count). The van der Waals surface area contributed by atoms with Gasteiger partial charge in [-0.15, -0.1) is 11.3 Å². The summed E-state index contributed by atoms with van der Waals surface area (Å²) in [5.74, 6) is -0.703. The lowest BCUT2D eigenvalue weighted by atomic mass is 9.91. The van der Waals surface area contributed by atoms with E-state index in [1.165, 1.54) is 29.7 Å². The molecule has 2 aromatic rings. The molecule has 2 N–H and O–H groups in total. The second kappa shape index (κ2) is 10.9. The molecule has 3 amide bonds. The molecule has 2 fully saturated rings. The molecule has 9 heteroatoms. The largest absolute Gasteiger partial charge is 0.349 e. The van der Waals surface area contributed by atoms with E-state index < -0.39 is 0 Å². The quantitative estimate of drug-likeness (QED) is 0.517. The van der Waals surface area contributed by atoms with Gasteiger partial charge in [0.1, 0.15) is 0 Å². The predicted octanol–water partition coefficient (Wildman–Crippen LogP) is 3.78. The lowest BCUT2D eigenvalue weighted by Crippen LogP contribution is -2.48. The fourth-order valence-electron chi connectivity index (χ4n) is 5.10. The van der Waals surface area contributed by atoms with Crippen LogP contribution >= 0.6 is 22.9 Å². The molecular formula is C27H35ClN4O3S. The summed E-state index contributed by atoms with van der Waals surface area (Å²) in [6.45, 7) is 1.04. The van der Waals surface area contributed by atoms with Gasteiger partial charge in [0, 0.05) is 25.6 Å². The van der Waals surface area contributed by atoms with Crippen molar-refractivity contribution < 1.29 is 14.4 Å². The molecule has 1 heterocycles. The summed E-state index contributed by atoms with van der Waals surface area (Å²) in [6.07, 6.45) is 4.44. The number of carbonyl (C=O) groups is 3. The first-order valence-electron chi connectivity index (χ1n) is 12.4. The van der Waals surface area contributed by atoms with Crippen LogP contribution in [0.3, 0.4) is 0 Å². The van der Waals surface area contributed by atoms with E-state index in [4.69, 9.17) is 11.6 Å². The maximum Gasteiger partial charge on any atom is 0.261 e. The van der Waals surface area contributed by atoms with Crippen LogP contribution in [0.2, 0.25) is 4.34 Å². The smallest absolute Gasteiger partial charge is 0.261 e. The number of carbonyl (C=O) groups excluding carboxylic acids is 3. The number of halogens is 1. The van der Waals surface area contributed by atoms with Crippen molar-refractivity contribution >= 4 is 40.7 Å². The third-order valence-corrected chi connectivity index (χ3v) is 8.66. The zero-order chi connectivity index (χ0) is 26.0. The first-order chi connectivity index (χ1) is 17.1. The Morgan fingerprint density at radius 2 is 1.56 bits per heavy atom. The van der Waals surface area contributed by atoms with E-state index in [0.717, 1.165) is 13.0 Å². The molecule has 2 aliphatic rings. The van der Waals surface area contributed by atoms with Crippen molar-refractivity contribution in [3.63, 3.8) is 0 Å². The van der Waals surface area contributed by atoms with Gasteiger partial charge in [-0.05, 0) is 88.0 Å². The number of thiophene rings is 1. The molecule has 0 radical (unpaired) electrons. The standard InChI is InChI=1S/C27H35ClN4O3S/c1-31(2)14-13-27(11-12-27)19-7-5-17(6-8-19)24(33)29-20-15-18(26(35)32(3)4)16-21(20)30-25(34)22-9-10-23(28)36-22/h5-10,18,20-21H,11-16H2,1-4H3,(H,29,33)(H,30,34). The van der Waals surface area contributed by atoms with Crippen LogP contribution in [-0.4, -0.2) is 74.3 Å². The normalized spacial score (nSPS) is 22.3. The van der Waals surface area contributed by atoms with Crippen LogP contribution in [0.5, 0.6) is 0 Å². The molecule has 2 saturated carbocycles. The molecule has 0 bridgehead atoms. The van der Waals surface area contributed by atoms with Gasteiger partial charge < -0.3 is 20.4 Å². The Balaban J connectivity index is 1.44. The van der Waals surface area contributed by atoms with Gasteiger partial charge in [0.15, 0.2) is 0 Å². The lowest BCUT2D eigenvalue weighted by Gasteiger charge is -2.22. The average molecular weight is 531 g/mol. The second-order valence-corrected chi connectivity index (χ2v) is 12.3. The molecule has 0 aliphatic heterocycles. The number of amides is 3. The third kappa shape index (κ3) is 6.10. The Hall–Kier alpha value is -2.42. The Kier molecular flexibility index (Phi) is 8.07.